The zero-order chi connectivity index (χ0) is 7.68. The molecule has 0 saturated heterocycles. The quantitative estimate of drug-likeness (QED) is 0.678. The zero-order valence-corrected chi connectivity index (χ0v) is 7.10. The Bertz CT molecular complexity index is 261. The summed E-state index contributed by atoms with van der Waals surface area (Å²) in [6, 6.07) is 2.46. The maximum atomic E-state index is 5.76. The van der Waals surface area contributed by atoms with E-state index in [2.05, 4.69) is 22.9 Å². The fourth-order valence-electron chi connectivity index (χ4n) is 1.43. The van der Waals surface area contributed by atoms with Gasteiger partial charge in [0.05, 0.1) is 0 Å². The summed E-state index contributed by atoms with van der Waals surface area (Å²) in [7, 11) is 0. The summed E-state index contributed by atoms with van der Waals surface area (Å²) in [5, 5.41) is 4.30. The van der Waals surface area contributed by atoms with E-state index < -0.39 is 0 Å². The molecule has 0 amide bonds. The van der Waals surface area contributed by atoms with Gasteiger partial charge in [-0.15, -0.1) is 0 Å². The van der Waals surface area contributed by atoms with E-state index in [9.17, 15) is 0 Å². The molecule has 0 bridgehead atoms. The van der Waals surface area contributed by atoms with Crippen molar-refractivity contribution in [1.29, 1.82) is 0 Å². The van der Waals surface area contributed by atoms with Crippen molar-refractivity contribution in [3.8, 4) is 0 Å². The standard InChI is InChI=1S/C9H11NS/c10-9-2-1-7(5-9)8-3-4-11-6-8/h3-6,9H,1-2,10H2. The van der Waals surface area contributed by atoms with Gasteiger partial charge in [-0.3, -0.25) is 0 Å². The van der Waals surface area contributed by atoms with Gasteiger partial charge in [0.25, 0.3) is 0 Å². The third-order valence-corrected chi connectivity index (χ3v) is 2.74. The molecule has 1 atom stereocenters. The molecular formula is C9H11NS. The van der Waals surface area contributed by atoms with Crippen LogP contribution in [0, 0.1) is 0 Å². The third kappa shape index (κ3) is 1.37. The Morgan fingerprint density at radius 1 is 1.55 bits per heavy atom. The molecule has 1 aromatic rings. The van der Waals surface area contributed by atoms with Crippen LogP contribution in [0.25, 0.3) is 5.57 Å². The lowest BCUT2D eigenvalue weighted by atomic mass is 10.1. The van der Waals surface area contributed by atoms with Crippen molar-refractivity contribution in [2.75, 3.05) is 0 Å². The highest BCUT2D eigenvalue weighted by Crippen LogP contribution is 2.28. The van der Waals surface area contributed by atoms with Crippen LogP contribution in [0.4, 0.5) is 0 Å². The van der Waals surface area contributed by atoms with E-state index in [0.717, 1.165) is 12.8 Å². The molecule has 1 aromatic heterocycles. The van der Waals surface area contributed by atoms with Crippen LogP contribution in [0.5, 0.6) is 0 Å². The van der Waals surface area contributed by atoms with Gasteiger partial charge in [0.2, 0.25) is 0 Å². The van der Waals surface area contributed by atoms with Gasteiger partial charge in [-0.1, -0.05) is 6.08 Å². The predicted molar refractivity (Wildman–Crippen MR) is 49.5 cm³/mol. The molecule has 0 radical (unpaired) electrons. The first-order valence-corrected chi connectivity index (χ1v) is 4.79. The topological polar surface area (TPSA) is 26.0 Å². The van der Waals surface area contributed by atoms with Gasteiger partial charge in [0, 0.05) is 6.04 Å². The fourth-order valence-corrected chi connectivity index (χ4v) is 2.12. The minimum atomic E-state index is 0.296. The molecule has 0 aromatic carbocycles. The lowest BCUT2D eigenvalue weighted by Gasteiger charge is -1.93. The van der Waals surface area contributed by atoms with Gasteiger partial charge in [-0.2, -0.15) is 11.3 Å². The minimum Gasteiger partial charge on any atom is -0.324 e. The highest BCUT2D eigenvalue weighted by atomic mass is 32.1. The van der Waals surface area contributed by atoms with E-state index in [1.54, 1.807) is 11.3 Å². The fraction of sp³-hybridized carbons (Fsp3) is 0.333. The second kappa shape index (κ2) is 2.80. The molecular weight excluding hydrogens is 154 g/mol. The van der Waals surface area contributed by atoms with Crippen molar-refractivity contribution in [2.45, 2.75) is 18.9 Å². The van der Waals surface area contributed by atoms with Crippen molar-refractivity contribution >= 4 is 16.9 Å². The molecule has 0 fully saturated rings. The SMILES string of the molecule is NC1C=C(c2ccsc2)CC1. The van der Waals surface area contributed by atoms with E-state index in [1.165, 1.54) is 11.1 Å². The third-order valence-electron chi connectivity index (χ3n) is 2.05. The van der Waals surface area contributed by atoms with Gasteiger partial charge in [-0.05, 0) is 40.8 Å². The second-order valence-electron chi connectivity index (χ2n) is 2.91. The first-order valence-electron chi connectivity index (χ1n) is 3.85. The number of allylic oxidation sites excluding steroid dienone is 1. The summed E-state index contributed by atoms with van der Waals surface area (Å²) in [5.41, 5.74) is 8.55. The molecule has 2 N–H and O–H groups in total. The summed E-state index contributed by atoms with van der Waals surface area (Å²) >= 11 is 1.75. The highest BCUT2D eigenvalue weighted by molar-refractivity contribution is 7.08. The Balaban J connectivity index is 2.25. The van der Waals surface area contributed by atoms with Crippen molar-refractivity contribution < 1.29 is 0 Å². The molecule has 2 rings (SSSR count). The summed E-state index contributed by atoms with van der Waals surface area (Å²) in [6.45, 7) is 0. The van der Waals surface area contributed by atoms with E-state index in [4.69, 9.17) is 5.73 Å². The first kappa shape index (κ1) is 7.07. The molecule has 2 heteroatoms. The van der Waals surface area contributed by atoms with Crippen LogP contribution in [0.2, 0.25) is 0 Å². The Labute approximate surface area is 70.5 Å². The molecule has 0 saturated carbocycles. The van der Waals surface area contributed by atoms with Crippen molar-refractivity contribution in [3.63, 3.8) is 0 Å². The van der Waals surface area contributed by atoms with Crippen LogP contribution in [-0.2, 0) is 0 Å². The molecule has 0 spiro atoms. The molecule has 1 aliphatic rings. The van der Waals surface area contributed by atoms with Crippen molar-refractivity contribution in [1.82, 2.24) is 0 Å². The smallest absolute Gasteiger partial charge is 0.0232 e. The van der Waals surface area contributed by atoms with Crippen LogP contribution in [0.15, 0.2) is 22.9 Å². The lowest BCUT2D eigenvalue weighted by Crippen LogP contribution is -2.11. The molecule has 11 heavy (non-hydrogen) atoms. The average molecular weight is 165 g/mol. The molecule has 1 nitrogen and oxygen atoms in total. The Morgan fingerprint density at radius 3 is 3.00 bits per heavy atom. The van der Waals surface area contributed by atoms with Crippen LogP contribution in [0.3, 0.4) is 0 Å². The van der Waals surface area contributed by atoms with Crippen molar-refractivity contribution in [2.24, 2.45) is 5.73 Å². The number of hydrogen-bond donors (Lipinski definition) is 1. The van der Waals surface area contributed by atoms with Gasteiger partial charge >= 0.3 is 0 Å². The van der Waals surface area contributed by atoms with E-state index in [-0.39, 0.29) is 0 Å². The molecule has 1 unspecified atom stereocenters. The number of hydrogen-bond acceptors (Lipinski definition) is 2. The normalized spacial score (nSPS) is 23.7. The molecule has 1 heterocycles. The monoisotopic (exact) mass is 165 g/mol. The number of rotatable bonds is 1. The highest BCUT2D eigenvalue weighted by Gasteiger charge is 2.12. The van der Waals surface area contributed by atoms with Crippen LogP contribution in [0.1, 0.15) is 18.4 Å². The molecule has 1 aliphatic carbocycles. The van der Waals surface area contributed by atoms with Gasteiger partial charge in [-0.25, -0.2) is 0 Å². The summed E-state index contributed by atoms with van der Waals surface area (Å²) < 4.78 is 0. The summed E-state index contributed by atoms with van der Waals surface area (Å²) in [6.07, 6.45) is 4.45. The van der Waals surface area contributed by atoms with E-state index in [1.807, 2.05) is 0 Å². The largest absolute Gasteiger partial charge is 0.324 e. The number of nitrogens with two attached hydrogens (primary N) is 1. The van der Waals surface area contributed by atoms with Crippen molar-refractivity contribution in [3.05, 3.63) is 28.5 Å². The van der Waals surface area contributed by atoms with Gasteiger partial charge in [0.15, 0.2) is 0 Å². The Kier molecular flexibility index (Phi) is 1.80. The van der Waals surface area contributed by atoms with Gasteiger partial charge in [0.1, 0.15) is 0 Å². The second-order valence-corrected chi connectivity index (χ2v) is 3.69. The van der Waals surface area contributed by atoms with Crippen LogP contribution < -0.4 is 5.73 Å². The Hall–Kier alpha value is -0.600. The number of thiophene rings is 1. The molecule has 58 valence electrons. The lowest BCUT2D eigenvalue weighted by molar-refractivity contribution is 0.782. The predicted octanol–water partition coefficient (Wildman–Crippen LogP) is 2.25. The summed E-state index contributed by atoms with van der Waals surface area (Å²) in [5.74, 6) is 0. The molecule has 0 aliphatic heterocycles. The van der Waals surface area contributed by atoms with Crippen LogP contribution in [-0.4, -0.2) is 6.04 Å². The maximum absolute atomic E-state index is 5.76. The summed E-state index contributed by atoms with van der Waals surface area (Å²) in [4.78, 5) is 0. The zero-order valence-electron chi connectivity index (χ0n) is 6.29. The Morgan fingerprint density at radius 2 is 2.45 bits per heavy atom. The maximum Gasteiger partial charge on any atom is 0.0232 e. The average Bonchev–Trinajstić information content (AvgIpc) is 2.55. The minimum absolute atomic E-state index is 0.296. The van der Waals surface area contributed by atoms with Gasteiger partial charge < -0.3 is 5.73 Å². The van der Waals surface area contributed by atoms with E-state index in [0.29, 0.717) is 6.04 Å². The van der Waals surface area contributed by atoms with E-state index >= 15 is 0 Å². The first-order chi connectivity index (χ1) is 5.36. The van der Waals surface area contributed by atoms with Crippen LogP contribution >= 0.6 is 11.3 Å².